The Hall–Kier alpha value is -1.73. The molecule has 5 nitrogen and oxygen atoms in total. The highest BCUT2D eigenvalue weighted by Gasteiger charge is 2.35. The smallest absolute Gasteiger partial charge is 0.326 e. The SMILES string of the molecule is O=C(O)[C@H]1CCCN1C(=O)c1cnc(-c2cccs2)s1. The lowest BCUT2D eigenvalue weighted by Crippen LogP contribution is -2.40. The molecule has 2 aromatic heterocycles. The summed E-state index contributed by atoms with van der Waals surface area (Å²) >= 11 is 2.88. The van der Waals surface area contributed by atoms with E-state index in [-0.39, 0.29) is 5.91 Å². The molecule has 0 radical (unpaired) electrons. The maximum absolute atomic E-state index is 12.4. The molecule has 3 rings (SSSR count). The van der Waals surface area contributed by atoms with Crippen LogP contribution in [0.5, 0.6) is 0 Å². The number of thiophene rings is 1. The lowest BCUT2D eigenvalue weighted by atomic mass is 10.2. The number of carbonyl (C=O) groups is 2. The molecule has 0 aliphatic carbocycles. The van der Waals surface area contributed by atoms with Gasteiger partial charge in [-0.1, -0.05) is 6.07 Å². The van der Waals surface area contributed by atoms with Crippen LogP contribution < -0.4 is 0 Å². The van der Waals surface area contributed by atoms with Gasteiger partial charge < -0.3 is 10.0 Å². The number of carboxylic acids is 1. The maximum Gasteiger partial charge on any atom is 0.326 e. The first-order valence-corrected chi connectivity index (χ1v) is 7.90. The molecule has 1 fully saturated rings. The number of amides is 1. The fraction of sp³-hybridized carbons (Fsp3) is 0.308. The first kappa shape index (κ1) is 13.3. The summed E-state index contributed by atoms with van der Waals surface area (Å²) in [5.41, 5.74) is 0. The molecule has 1 amide bonds. The molecule has 1 atom stereocenters. The number of aromatic nitrogens is 1. The lowest BCUT2D eigenvalue weighted by Gasteiger charge is -2.20. The van der Waals surface area contributed by atoms with Crippen molar-refractivity contribution in [2.75, 3.05) is 6.54 Å². The summed E-state index contributed by atoms with van der Waals surface area (Å²) in [5, 5.41) is 11.9. The molecule has 3 heterocycles. The van der Waals surface area contributed by atoms with Gasteiger partial charge in [-0.2, -0.15) is 0 Å². The molecular weight excluding hydrogens is 296 g/mol. The van der Waals surface area contributed by atoms with Gasteiger partial charge in [0.25, 0.3) is 5.91 Å². The van der Waals surface area contributed by atoms with Crippen molar-refractivity contribution in [3.05, 3.63) is 28.6 Å². The van der Waals surface area contributed by atoms with Gasteiger partial charge >= 0.3 is 5.97 Å². The van der Waals surface area contributed by atoms with Crippen molar-refractivity contribution >= 4 is 34.6 Å². The van der Waals surface area contributed by atoms with Crippen LogP contribution in [0.4, 0.5) is 0 Å². The Bertz CT molecular complexity index is 636. The van der Waals surface area contributed by atoms with E-state index in [2.05, 4.69) is 4.98 Å². The molecule has 0 unspecified atom stereocenters. The molecule has 2 aromatic rings. The number of hydrogen-bond acceptors (Lipinski definition) is 5. The predicted octanol–water partition coefficient (Wildman–Crippen LogP) is 2.56. The van der Waals surface area contributed by atoms with E-state index < -0.39 is 12.0 Å². The second-order valence-electron chi connectivity index (χ2n) is 4.50. The molecule has 0 saturated carbocycles. The van der Waals surface area contributed by atoms with Gasteiger partial charge in [-0.15, -0.1) is 22.7 Å². The molecule has 0 spiro atoms. The van der Waals surface area contributed by atoms with E-state index in [0.29, 0.717) is 17.8 Å². The van der Waals surface area contributed by atoms with E-state index in [4.69, 9.17) is 5.11 Å². The summed E-state index contributed by atoms with van der Waals surface area (Å²) in [6.45, 7) is 0.502. The Labute approximate surface area is 123 Å². The van der Waals surface area contributed by atoms with Crippen molar-refractivity contribution in [1.82, 2.24) is 9.88 Å². The fourth-order valence-corrected chi connectivity index (χ4v) is 3.97. The number of carbonyl (C=O) groups excluding carboxylic acids is 1. The first-order valence-electron chi connectivity index (χ1n) is 6.20. The molecule has 1 saturated heterocycles. The molecule has 1 aliphatic heterocycles. The van der Waals surface area contributed by atoms with Crippen LogP contribution in [0.25, 0.3) is 9.88 Å². The Morgan fingerprint density at radius 3 is 3.00 bits per heavy atom. The van der Waals surface area contributed by atoms with Gasteiger partial charge in [-0.05, 0) is 24.3 Å². The normalized spacial score (nSPS) is 18.4. The number of likely N-dealkylation sites (tertiary alicyclic amines) is 1. The standard InChI is InChI=1S/C13H12N2O3S2/c16-12(15-5-1-3-8(15)13(17)18)10-7-14-11(20-10)9-4-2-6-19-9/h2,4,6-8H,1,3,5H2,(H,17,18)/t8-/m1/s1. The Morgan fingerprint density at radius 1 is 1.45 bits per heavy atom. The highest BCUT2D eigenvalue weighted by Crippen LogP contribution is 2.30. The third-order valence-corrected chi connectivity index (χ3v) is 5.27. The molecule has 104 valence electrons. The quantitative estimate of drug-likeness (QED) is 0.946. The Kier molecular flexibility index (Phi) is 3.54. The van der Waals surface area contributed by atoms with Crippen molar-refractivity contribution < 1.29 is 14.7 Å². The number of aliphatic carboxylic acids is 1. The molecule has 0 aromatic carbocycles. The summed E-state index contributed by atoms with van der Waals surface area (Å²) in [4.78, 5) is 30.7. The average molecular weight is 308 g/mol. The monoisotopic (exact) mass is 308 g/mol. The van der Waals surface area contributed by atoms with Crippen LogP contribution >= 0.6 is 22.7 Å². The predicted molar refractivity (Wildman–Crippen MR) is 77.1 cm³/mol. The van der Waals surface area contributed by atoms with Crippen molar-refractivity contribution in [2.45, 2.75) is 18.9 Å². The van der Waals surface area contributed by atoms with Crippen molar-refractivity contribution in [3.63, 3.8) is 0 Å². The van der Waals surface area contributed by atoms with Gasteiger partial charge in [-0.25, -0.2) is 9.78 Å². The topological polar surface area (TPSA) is 70.5 Å². The molecular formula is C13H12N2O3S2. The largest absolute Gasteiger partial charge is 0.480 e. The maximum atomic E-state index is 12.4. The van der Waals surface area contributed by atoms with Crippen LogP contribution in [0.1, 0.15) is 22.5 Å². The second kappa shape index (κ2) is 5.34. The Morgan fingerprint density at radius 2 is 2.30 bits per heavy atom. The van der Waals surface area contributed by atoms with Crippen LogP contribution in [0.3, 0.4) is 0 Å². The third kappa shape index (κ3) is 2.34. The zero-order chi connectivity index (χ0) is 14.1. The lowest BCUT2D eigenvalue weighted by molar-refractivity contribution is -0.141. The van der Waals surface area contributed by atoms with Crippen LogP contribution in [-0.4, -0.2) is 39.5 Å². The minimum absolute atomic E-state index is 0.227. The molecule has 20 heavy (non-hydrogen) atoms. The molecule has 1 aliphatic rings. The van der Waals surface area contributed by atoms with Crippen molar-refractivity contribution in [2.24, 2.45) is 0 Å². The van der Waals surface area contributed by atoms with Gasteiger partial charge in [0.2, 0.25) is 0 Å². The van der Waals surface area contributed by atoms with Gasteiger partial charge in [0.15, 0.2) is 0 Å². The summed E-state index contributed by atoms with van der Waals surface area (Å²) < 4.78 is 0. The summed E-state index contributed by atoms with van der Waals surface area (Å²) in [6.07, 6.45) is 2.80. The van der Waals surface area contributed by atoms with E-state index in [1.54, 1.807) is 17.5 Å². The first-order chi connectivity index (χ1) is 9.66. The zero-order valence-corrected chi connectivity index (χ0v) is 12.1. The van der Waals surface area contributed by atoms with Crippen molar-refractivity contribution in [3.8, 4) is 9.88 Å². The fourth-order valence-electron chi connectivity index (χ4n) is 2.30. The van der Waals surface area contributed by atoms with E-state index in [1.165, 1.54) is 16.2 Å². The number of nitrogens with zero attached hydrogens (tertiary/aromatic N) is 2. The third-order valence-electron chi connectivity index (χ3n) is 3.25. The van der Waals surface area contributed by atoms with E-state index in [0.717, 1.165) is 16.3 Å². The van der Waals surface area contributed by atoms with Crippen LogP contribution in [0, 0.1) is 0 Å². The van der Waals surface area contributed by atoms with Gasteiger partial charge in [0.05, 0.1) is 11.1 Å². The number of thiazole rings is 1. The second-order valence-corrected chi connectivity index (χ2v) is 6.48. The molecule has 7 heteroatoms. The van der Waals surface area contributed by atoms with Gasteiger partial charge in [-0.3, -0.25) is 4.79 Å². The summed E-state index contributed by atoms with van der Waals surface area (Å²) in [5.74, 6) is -1.16. The molecule has 1 N–H and O–H groups in total. The van der Waals surface area contributed by atoms with E-state index in [1.807, 2.05) is 17.5 Å². The van der Waals surface area contributed by atoms with Crippen molar-refractivity contribution in [1.29, 1.82) is 0 Å². The number of hydrogen-bond donors (Lipinski definition) is 1. The van der Waals surface area contributed by atoms with Gasteiger partial charge in [0, 0.05) is 6.54 Å². The highest BCUT2D eigenvalue weighted by molar-refractivity contribution is 7.21. The minimum atomic E-state index is -0.932. The summed E-state index contributed by atoms with van der Waals surface area (Å²) in [7, 11) is 0. The average Bonchev–Trinajstić information content (AvgIpc) is 3.17. The number of rotatable bonds is 3. The number of carboxylic acid groups (broad SMARTS) is 1. The van der Waals surface area contributed by atoms with Gasteiger partial charge in [0.1, 0.15) is 15.9 Å². The van der Waals surface area contributed by atoms with Crippen LogP contribution in [0.15, 0.2) is 23.7 Å². The highest BCUT2D eigenvalue weighted by atomic mass is 32.1. The summed E-state index contributed by atoms with van der Waals surface area (Å²) in [6, 6.07) is 3.19. The van der Waals surface area contributed by atoms with E-state index in [9.17, 15) is 9.59 Å². The van der Waals surface area contributed by atoms with Crippen LogP contribution in [-0.2, 0) is 4.79 Å². The van der Waals surface area contributed by atoms with Crippen LogP contribution in [0.2, 0.25) is 0 Å². The molecule has 0 bridgehead atoms. The van der Waals surface area contributed by atoms with E-state index >= 15 is 0 Å². The minimum Gasteiger partial charge on any atom is -0.480 e. The zero-order valence-electron chi connectivity index (χ0n) is 10.5. The Balaban J connectivity index is 1.83.